The first-order valence-corrected chi connectivity index (χ1v) is 7.49. The molecular formula is C14H19FN6. The molecular weight excluding hydrogens is 271 g/mol. The molecule has 0 amide bonds. The van der Waals surface area contributed by atoms with E-state index in [1.165, 1.54) is 0 Å². The molecule has 2 fully saturated rings. The Hall–Kier alpha value is -1.89. The summed E-state index contributed by atoms with van der Waals surface area (Å²) in [6, 6.07) is 0. The van der Waals surface area contributed by atoms with E-state index in [0.29, 0.717) is 13.0 Å². The second kappa shape index (κ2) is 5.14. The van der Waals surface area contributed by atoms with Crippen molar-refractivity contribution in [1.29, 1.82) is 0 Å². The van der Waals surface area contributed by atoms with Crippen LogP contribution in [0.3, 0.4) is 0 Å². The Bertz CT molecular complexity index is 635. The first-order valence-electron chi connectivity index (χ1n) is 7.49. The maximum absolute atomic E-state index is 13.5. The predicted octanol–water partition coefficient (Wildman–Crippen LogP) is 0.916. The Morgan fingerprint density at radius 2 is 2.00 bits per heavy atom. The molecule has 0 bridgehead atoms. The molecule has 2 aromatic rings. The summed E-state index contributed by atoms with van der Waals surface area (Å²) in [5.74, 6) is 0.958. The van der Waals surface area contributed by atoms with Crippen LogP contribution in [-0.4, -0.2) is 60.4 Å². The summed E-state index contributed by atoms with van der Waals surface area (Å²) >= 11 is 0. The third kappa shape index (κ3) is 2.21. The van der Waals surface area contributed by atoms with E-state index >= 15 is 0 Å². The van der Waals surface area contributed by atoms with Crippen LogP contribution in [-0.2, 0) is 0 Å². The lowest BCUT2D eigenvalue weighted by Crippen LogP contribution is -2.44. The molecule has 2 N–H and O–H groups in total. The predicted molar refractivity (Wildman–Crippen MR) is 80.7 cm³/mol. The van der Waals surface area contributed by atoms with Gasteiger partial charge in [0.05, 0.1) is 11.1 Å². The second-order valence-corrected chi connectivity index (χ2v) is 5.66. The van der Waals surface area contributed by atoms with E-state index in [4.69, 9.17) is 0 Å². The summed E-state index contributed by atoms with van der Waals surface area (Å²) in [5.41, 5.74) is 1.86. The molecule has 112 valence electrons. The van der Waals surface area contributed by atoms with Gasteiger partial charge in [0, 0.05) is 45.5 Å². The molecule has 0 radical (unpaired) electrons. The number of aromatic nitrogens is 3. The van der Waals surface area contributed by atoms with E-state index in [0.717, 1.165) is 55.3 Å². The maximum atomic E-state index is 13.5. The lowest BCUT2D eigenvalue weighted by atomic mass is 10.2. The number of anilines is 2. The van der Waals surface area contributed by atoms with Gasteiger partial charge in [0.15, 0.2) is 0 Å². The van der Waals surface area contributed by atoms with Crippen LogP contribution in [0.5, 0.6) is 0 Å². The highest BCUT2D eigenvalue weighted by Crippen LogP contribution is 2.34. The fourth-order valence-electron chi connectivity index (χ4n) is 3.23. The molecule has 6 nitrogen and oxygen atoms in total. The van der Waals surface area contributed by atoms with E-state index in [9.17, 15) is 4.39 Å². The standard InChI is InChI=1S/C14H19FN6/c15-10-1-4-21(8-10)11-7-17-13-12(11)14(19-9-18-13)20-5-2-16-3-6-20/h7,9-10,16H,1-6,8H2,(H,17,18,19). The van der Waals surface area contributed by atoms with Gasteiger partial charge in [-0.25, -0.2) is 14.4 Å². The quantitative estimate of drug-likeness (QED) is 0.861. The summed E-state index contributed by atoms with van der Waals surface area (Å²) in [4.78, 5) is 16.4. The second-order valence-electron chi connectivity index (χ2n) is 5.66. The van der Waals surface area contributed by atoms with Crippen molar-refractivity contribution in [3.63, 3.8) is 0 Å². The zero-order valence-electron chi connectivity index (χ0n) is 11.8. The maximum Gasteiger partial charge on any atom is 0.145 e. The molecule has 0 aliphatic carbocycles. The van der Waals surface area contributed by atoms with Crippen molar-refractivity contribution >= 4 is 22.5 Å². The Balaban J connectivity index is 1.77. The van der Waals surface area contributed by atoms with Crippen LogP contribution in [0, 0.1) is 0 Å². The highest BCUT2D eigenvalue weighted by molar-refractivity contribution is 5.99. The van der Waals surface area contributed by atoms with E-state index in [-0.39, 0.29) is 0 Å². The van der Waals surface area contributed by atoms with E-state index in [2.05, 4.69) is 30.1 Å². The summed E-state index contributed by atoms with van der Waals surface area (Å²) in [6.45, 7) is 5.00. The van der Waals surface area contributed by atoms with Crippen molar-refractivity contribution in [1.82, 2.24) is 20.3 Å². The first-order chi connectivity index (χ1) is 10.3. The topological polar surface area (TPSA) is 60.1 Å². The lowest BCUT2D eigenvalue weighted by molar-refractivity contribution is 0.364. The molecule has 1 atom stereocenters. The van der Waals surface area contributed by atoms with E-state index < -0.39 is 6.17 Å². The number of nitrogens with zero attached hydrogens (tertiary/aromatic N) is 4. The normalized spacial score (nSPS) is 23.2. The van der Waals surface area contributed by atoms with Crippen molar-refractivity contribution < 1.29 is 4.39 Å². The van der Waals surface area contributed by atoms with Crippen molar-refractivity contribution in [2.24, 2.45) is 0 Å². The Labute approximate surface area is 122 Å². The zero-order valence-corrected chi connectivity index (χ0v) is 11.8. The summed E-state index contributed by atoms with van der Waals surface area (Å²) in [6.07, 6.45) is 3.40. The minimum atomic E-state index is -0.734. The van der Waals surface area contributed by atoms with Crippen LogP contribution in [0.2, 0.25) is 0 Å². The molecule has 0 aromatic carbocycles. The molecule has 7 heteroatoms. The largest absolute Gasteiger partial charge is 0.367 e. The number of halogens is 1. The van der Waals surface area contributed by atoms with Gasteiger partial charge in [-0.05, 0) is 6.42 Å². The van der Waals surface area contributed by atoms with Crippen LogP contribution in [0.25, 0.3) is 11.0 Å². The van der Waals surface area contributed by atoms with Crippen molar-refractivity contribution in [3.05, 3.63) is 12.5 Å². The number of alkyl halides is 1. The van der Waals surface area contributed by atoms with E-state index in [1.807, 2.05) is 6.20 Å². The van der Waals surface area contributed by atoms with Gasteiger partial charge >= 0.3 is 0 Å². The van der Waals surface area contributed by atoms with Gasteiger partial charge in [0.1, 0.15) is 24.0 Å². The summed E-state index contributed by atoms with van der Waals surface area (Å²) < 4.78 is 13.5. The average Bonchev–Trinajstić information content (AvgIpc) is 3.13. The third-order valence-corrected chi connectivity index (χ3v) is 4.32. The van der Waals surface area contributed by atoms with Crippen molar-refractivity contribution in [3.8, 4) is 0 Å². The molecule has 2 aromatic heterocycles. The monoisotopic (exact) mass is 290 g/mol. The average molecular weight is 290 g/mol. The Morgan fingerprint density at radius 3 is 2.76 bits per heavy atom. The van der Waals surface area contributed by atoms with Crippen LogP contribution >= 0.6 is 0 Å². The molecule has 21 heavy (non-hydrogen) atoms. The number of H-pyrrole nitrogens is 1. The van der Waals surface area contributed by atoms with Gasteiger partial charge in [-0.1, -0.05) is 0 Å². The van der Waals surface area contributed by atoms with Gasteiger partial charge in [0.25, 0.3) is 0 Å². The molecule has 2 aliphatic heterocycles. The van der Waals surface area contributed by atoms with Gasteiger partial charge in [-0.15, -0.1) is 0 Å². The molecule has 0 spiro atoms. The summed E-state index contributed by atoms with van der Waals surface area (Å²) in [5, 5.41) is 4.37. The number of hydrogen-bond donors (Lipinski definition) is 2. The zero-order chi connectivity index (χ0) is 14.2. The Morgan fingerprint density at radius 1 is 1.14 bits per heavy atom. The first kappa shape index (κ1) is 12.8. The fourth-order valence-corrected chi connectivity index (χ4v) is 3.23. The molecule has 4 heterocycles. The number of hydrogen-bond acceptors (Lipinski definition) is 5. The van der Waals surface area contributed by atoms with Crippen molar-refractivity contribution in [2.75, 3.05) is 49.1 Å². The minimum Gasteiger partial charge on any atom is -0.367 e. The smallest absolute Gasteiger partial charge is 0.145 e. The van der Waals surface area contributed by atoms with Crippen LogP contribution < -0.4 is 15.1 Å². The third-order valence-electron chi connectivity index (χ3n) is 4.32. The lowest BCUT2D eigenvalue weighted by Gasteiger charge is -2.29. The molecule has 1 unspecified atom stereocenters. The molecule has 2 saturated heterocycles. The van der Waals surface area contributed by atoms with Gasteiger partial charge in [-0.2, -0.15) is 0 Å². The van der Waals surface area contributed by atoms with Crippen LogP contribution in [0.1, 0.15) is 6.42 Å². The summed E-state index contributed by atoms with van der Waals surface area (Å²) in [7, 11) is 0. The number of nitrogens with one attached hydrogen (secondary N) is 2. The SMILES string of the molecule is FC1CCN(c2c[nH]c3ncnc(N4CCNCC4)c23)C1. The van der Waals surface area contributed by atoms with Crippen molar-refractivity contribution in [2.45, 2.75) is 12.6 Å². The van der Waals surface area contributed by atoms with Crippen LogP contribution in [0.15, 0.2) is 12.5 Å². The molecule has 0 saturated carbocycles. The van der Waals surface area contributed by atoms with Crippen LogP contribution in [0.4, 0.5) is 15.9 Å². The van der Waals surface area contributed by atoms with Gasteiger partial charge in [-0.3, -0.25) is 0 Å². The fraction of sp³-hybridized carbons (Fsp3) is 0.571. The number of piperazine rings is 1. The minimum absolute atomic E-state index is 0.461. The molecule has 4 rings (SSSR count). The molecule has 2 aliphatic rings. The highest BCUT2D eigenvalue weighted by Gasteiger charge is 2.26. The number of rotatable bonds is 2. The number of fused-ring (bicyclic) bond motifs is 1. The Kier molecular flexibility index (Phi) is 3.14. The van der Waals surface area contributed by atoms with Gasteiger partial charge < -0.3 is 20.1 Å². The van der Waals surface area contributed by atoms with E-state index in [1.54, 1.807) is 6.33 Å². The van der Waals surface area contributed by atoms with Gasteiger partial charge in [0.2, 0.25) is 0 Å². The highest BCUT2D eigenvalue weighted by atomic mass is 19.1. The number of aromatic amines is 1.